The van der Waals surface area contributed by atoms with Gasteiger partial charge in [-0.15, -0.1) is 0 Å². The Labute approximate surface area is 333 Å². The van der Waals surface area contributed by atoms with Gasteiger partial charge in [0.1, 0.15) is 23.6 Å². The van der Waals surface area contributed by atoms with Crippen LogP contribution in [0.4, 0.5) is 16.2 Å². The number of sulfonamides is 2. The molecule has 58 heavy (non-hydrogen) atoms. The molecule has 0 aromatic heterocycles. The lowest BCUT2D eigenvalue weighted by Crippen LogP contribution is -2.42. The number of phenols is 2. The first-order chi connectivity index (χ1) is 27.6. The number of carbonyl (C=O) groups excluding carboxylic acids is 3. The minimum absolute atomic E-state index is 0.0195. The number of carbonyl (C=O) groups is 3. The highest BCUT2D eigenvalue weighted by Crippen LogP contribution is 2.26. The number of aromatic hydroxyl groups is 2. The van der Waals surface area contributed by atoms with E-state index in [1.165, 1.54) is 48.5 Å². The Morgan fingerprint density at radius 1 is 0.517 bits per heavy atom. The van der Waals surface area contributed by atoms with Gasteiger partial charge in [-0.3, -0.25) is 9.59 Å². The smallest absolute Gasteiger partial charge is 0.324 e. The van der Waals surface area contributed by atoms with Crippen LogP contribution in [0.3, 0.4) is 0 Å². The van der Waals surface area contributed by atoms with E-state index in [2.05, 4.69) is 20.1 Å². The summed E-state index contributed by atoms with van der Waals surface area (Å²) in [6.45, 7) is 0. The molecule has 17 heteroatoms. The minimum Gasteiger partial charge on any atom is -0.508 e. The fourth-order valence-corrected chi connectivity index (χ4v) is 8.55. The summed E-state index contributed by atoms with van der Waals surface area (Å²) in [7, 11) is -6.18. The van der Waals surface area contributed by atoms with E-state index >= 15 is 0 Å². The van der Waals surface area contributed by atoms with Crippen molar-refractivity contribution in [1.82, 2.24) is 9.44 Å². The number of hydrogen-bond acceptors (Lipinski definition) is 11. The highest BCUT2D eigenvalue weighted by Gasteiger charge is 2.28. The van der Waals surface area contributed by atoms with Crippen LogP contribution in [0.25, 0.3) is 21.5 Å². The zero-order chi connectivity index (χ0) is 41.6. The van der Waals surface area contributed by atoms with E-state index < -0.39 is 50.1 Å². The van der Waals surface area contributed by atoms with E-state index in [9.17, 15) is 41.4 Å². The summed E-state index contributed by atoms with van der Waals surface area (Å²) in [5.74, 6) is -1.55. The highest BCUT2D eigenvalue weighted by atomic mass is 32.2. The summed E-state index contributed by atoms with van der Waals surface area (Å²) < 4.78 is 68.3. The number of urea groups is 1. The summed E-state index contributed by atoms with van der Waals surface area (Å²) in [5.41, 5.74) is 1.85. The number of phenolic OH excluding ortho intramolecular Hbond substituents is 2. The van der Waals surface area contributed by atoms with Crippen molar-refractivity contribution >= 4 is 70.9 Å². The van der Waals surface area contributed by atoms with Crippen LogP contribution in [0, 0.1) is 0 Å². The normalized spacial score (nSPS) is 12.7. The van der Waals surface area contributed by atoms with E-state index in [0.29, 0.717) is 44.0 Å². The van der Waals surface area contributed by atoms with E-state index in [4.69, 9.17) is 9.47 Å². The number of ether oxygens (including phenoxy) is 2. The molecular weight excluding hydrogens is 789 g/mol. The maximum absolute atomic E-state index is 13.4. The zero-order valence-corrected chi connectivity index (χ0v) is 32.6. The molecule has 0 aliphatic carbocycles. The van der Waals surface area contributed by atoms with Gasteiger partial charge in [-0.2, -0.15) is 9.44 Å². The fraction of sp³-hybridized carbons (Fsp3) is 0.146. The molecule has 0 unspecified atom stereocenters. The third-order valence-corrected chi connectivity index (χ3v) is 12.0. The number of amides is 2. The standard InChI is InChI=1S/C41H38N4O11S2/c1-55-39(48)37(19-25-3-13-33(46)14-4-25)44-57(51,52)35-17-9-27-7-11-31(21-29(27)23-35)42-41(50)43-32-12-8-28-10-18-36(24-30(28)22-32)58(53,54)45-38(40(49)56-2)20-26-5-15-34(47)16-6-26/h3-18,21-24,37-38,44-47H,19-20H2,1-2H3,(H2,42,43,50)/t37-,38-/m0/s1. The molecule has 0 heterocycles. The lowest BCUT2D eigenvalue weighted by molar-refractivity contribution is -0.143. The van der Waals surface area contributed by atoms with E-state index in [-0.39, 0.29) is 34.1 Å². The first kappa shape index (κ1) is 41.1. The molecule has 0 aliphatic rings. The summed E-state index contributed by atoms with van der Waals surface area (Å²) in [4.78, 5) is 37.9. The van der Waals surface area contributed by atoms with Gasteiger partial charge in [0.15, 0.2) is 0 Å². The quantitative estimate of drug-likeness (QED) is 0.0785. The fourth-order valence-electron chi connectivity index (χ4n) is 6.11. The van der Waals surface area contributed by atoms with Crippen LogP contribution in [0.5, 0.6) is 11.5 Å². The van der Waals surface area contributed by atoms with Gasteiger partial charge in [-0.05, 0) is 118 Å². The van der Waals surface area contributed by atoms with Gasteiger partial charge in [0.2, 0.25) is 20.0 Å². The number of nitrogens with one attached hydrogen (secondary N) is 4. The van der Waals surface area contributed by atoms with Crippen molar-refractivity contribution in [3.8, 4) is 11.5 Å². The predicted octanol–water partition coefficient (Wildman–Crippen LogP) is 5.17. The molecule has 0 fully saturated rings. The largest absolute Gasteiger partial charge is 0.508 e. The van der Waals surface area contributed by atoms with Crippen LogP contribution in [0.15, 0.2) is 131 Å². The molecular formula is C41H38N4O11S2. The molecule has 0 radical (unpaired) electrons. The van der Waals surface area contributed by atoms with Gasteiger partial charge in [0, 0.05) is 11.4 Å². The van der Waals surface area contributed by atoms with Gasteiger partial charge < -0.3 is 30.3 Å². The Bertz CT molecular complexity index is 2540. The maximum Gasteiger partial charge on any atom is 0.324 e. The SMILES string of the molecule is COC(=O)[C@H](Cc1ccc(O)cc1)NS(=O)(=O)c1ccc2ccc(NC(=O)Nc3ccc4ccc(S(=O)(=O)N[C@@H](Cc5ccc(O)cc5)C(=O)OC)cc4c3)cc2c1. The van der Waals surface area contributed by atoms with Gasteiger partial charge in [-0.1, -0.05) is 48.5 Å². The predicted molar refractivity (Wildman–Crippen MR) is 216 cm³/mol. The molecule has 0 aliphatic heterocycles. The van der Waals surface area contributed by atoms with Crippen LogP contribution in [-0.2, 0) is 52.0 Å². The van der Waals surface area contributed by atoms with E-state index in [0.717, 1.165) is 14.2 Å². The Kier molecular flexibility index (Phi) is 12.3. The topological polar surface area (TPSA) is 227 Å². The Hall–Kier alpha value is -6.53. The van der Waals surface area contributed by atoms with Crippen molar-refractivity contribution in [1.29, 1.82) is 0 Å². The maximum atomic E-state index is 13.4. The molecule has 0 saturated heterocycles. The van der Waals surface area contributed by atoms with Crippen molar-refractivity contribution in [2.24, 2.45) is 0 Å². The van der Waals surface area contributed by atoms with Crippen LogP contribution in [0.1, 0.15) is 11.1 Å². The van der Waals surface area contributed by atoms with Gasteiger partial charge in [0.25, 0.3) is 0 Å². The lowest BCUT2D eigenvalue weighted by atomic mass is 10.1. The zero-order valence-electron chi connectivity index (χ0n) is 31.0. The molecule has 6 N–H and O–H groups in total. The van der Waals surface area contributed by atoms with Gasteiger partial charge in [0.05, 0.1) is 24.0 Å². The monoisotopic (exact) mass is 826 g/mol. The number of benzene rings is 6. The van der Waals surface area contributed by atoms with E-state index in [1.54, 1.807) is 72.8 Å². The minimum atomic E-state index is -4.24. The number of esters is 2. The number of fused-ring (bicyclic) bond motifs is 2. The van der Waals surface area contributed by atoms with Crippen molar-refractivity contribution in [3.63, 3.8) is 0 Å². The second-order valence-corrected chi connectivity index (χ2v) is 16.6. The Balaban J connectivity index is 1.15. The lowest BCUT2D eigenvalue weighted by Gasteiger charge is -2.17. The number of hydrogen-bond donors (Lipinski definition) is 6. The Morgan fingerprint density at radius 2 is 0.879 bits per heavy atom. The van der Waals surface area contributed by atoms with Crippen molar-refractivity contribution < 1.29 is 50.9 Å². The molecule has 0 spiro atoms. The summed E-state index contributed by atoms with van der Waals surface area (Å²) in [6.07, 6.45) is -0.0593. The number of anilines is 2. The van der Waals surface area contributed by atoms with Gasteiger partial charge >= 0.3 is 18.0 Å². The Morgan fingerprint density at radius 3 is 1.24 bits per heavy atom. The number of rotatable bonds is 14. The van der Waals surface area contributed by atoms with Crippen LogP contribution < -0.4 is 20.1 Å². The van der Waals surface area contributed by atoms with E-state index in [1.807, 2.05) is 0 Å². The molecule has 300 valence electrons. The molecule has 0 saturated carbocycles. The summed E-state index contributed by atoms with van der Waals surface area (Å²) >= 11 is 0. The third kappa shape index (κ3) is 10.1. The highest BCUT2D eigenvalue weighted by molar-refractivity contribution is 7.89. The average Bonchev–Trinajstić information content (AvgIpc) is 3.20. The second kappa shape index (κ2) is 17.3. The molecule has 0 bridgehead atoms. The van der Waals surface area contributed by atoms with Crippen molar-refractivity contribution in [3.05, 3.63) is 132 Å². The first-order valence-electron chi connectivity index (χ1n) is 17.5. The molecule has 2 amide bonds. The second-order valence-electron chi connectivity index (χ2n) is 13.2. The third-order valence-electron chi connectivity index (χ3n) is 9.08. The molecule has 6 rings (SSSR count). The van der Waals surface area contributed by atoms with Crippen molar-refractivity contribution in [2.45, 2.75) is 34.7 Å². The summed E-state index contributed by atoms with van der Waals surface area (Å²) in [6, 6.07) is 27.4. The molecule has 15 nitrogen and oxygen atoms in total. The molecule has 6 aromatic carbocycles. The van der Waals surface area contributed by atoms with Crippen LogP contribution in [0.2, 0.25) is 0 Å². The molecule has 2 atom stereocenters. The molecule has 6 aromatic rings. The first-order valence-corrected chi connectivity index (χ1v) is 20.5. The van der Waals surface area contributed by atoms with Crippen LogP contribution in [-0.4, -0.2) is 71.3 Å². The average molecular weight is 827 g/mol. The summed E-state index contributed by atoms with van der Waals surface area (Å²) in [5, 5.41) is 26.9. The van der Waals surface area contributed by atoms with Crippen LogP contribution >= 0.6 is 0 Å². The number of methoxy groups -OCH3 is 2. The van der Waals surface area contributed by atoms with Gasteiger partial charge in [-0.25, -0.2) is 21.6 Å². The van der Waals surface area contributed by atoms with Crippen molar-refractivity contribution in [2.75, 3.05) is 24.9 Å².